The first kappa shape index (κ1) is 15.4. The molecular weight excluding hydrogens is 280 g/mol. The minimum Gasteiger partial charge on any atom is -0.481 e. The topological polar surface area (TPSA) is 66.4 Å². The number of hydrogen-bond donors (Lipinski definition) is 2. The Morgan fingerprint density at radius 3 is 2.71 bits per heavy atom. The Balaban J connectivity index is 2.24. The van der Waals surface area contributed by atoms with E-state index in [1.165, 1.54) is 0 Å². The Hall–Kier alpha value is -1.98. The Morgan fingerprint density at radius 1 is 1.33 bits per heavy atom. The van der Waals surface area contributed by atoms with Gasteiger partial charge in [-0.1, -0.05) is 12.8 Å². The average molecular weight is 297 g/mol. The highest BCUT2D eigenvalue weighted by Gasteiger charge is 2.42. The molecule has 1 amide bonds. The third-order valence-corrected chi connectivity index (χ3v) is 4.08. The quantitative estimate of drug-likeness (QED) is 0.901. The van der Waals surface area contributed by atoms with Gasteiger partial charge in [-0.05, 0) is 38.0 Å². The van der Waals surface area contributed by atoms with Gasteiger partial charge in [0, 0.05) is 0 Å². The lowest BCUT2D eigenvalue weighted by atomic mass is 9.73. The van der Waals surface area contributed by atoms with Crippen molar-refractivity contribution in [2.24, 2.45) is 5.92 Å². The molecule has 0 saturated heterocycles. The molecule has 0 spiro atoms. The largest absolute Gasteiger partial charge is 0.481 e. The summed E-state index contributed by atoms with van der Waals surface area (Å²) in [5.74, 6) is -4.06. The Kier molecular flexibility index (Phi) is 4.25. The monoisotopic (exact) mass is 297 g/mol. The lowest BCUT2D eigenvalue weighted by Gasteiger charge is -2.39. The molecule has 2 atom stereocenters. The first-order chi connectivity index (χ1) is 9.83. The smallest absolute Gasteiger partial charge is 0.308 e. The van der Waals surface area contributed by atoms with Gasteiger partial charge < -0.3 is 10.4 Å². The van der Waals surface area contributed by atoms with Crippen molar-refractivity contribution in [1.82, 2.24) is 5.32 Å². The number of carboxylic acid groups (broad SMARTS) is 1. The van der Waals surface area contributed by atoms with E-state index in [0.717, 1.165) is 31.0 Å². The molecule has 0 aliphatic heterocycles. The number of rotatable bonds is 3. The maximum Gasteiger partial charge on any atom is 0.308 e. The summed E-state index contributed by atoms with van der Waals surface area (Å²) in [5, 5.41) is 11.9. The number of nitrogens with one attached hydrogen (secondary N) is 1. The highest BCUT2D eigenvalue weighted by atomic mass is 19.1. The second-order valence-corrected chi connectivity index (χ2v) is 5.63. The zero-order valence-corrected chi connectivity index (χ0v) is 11.7. The summed E-state index contributed by atoms with van der Waals surface area (Å²) in [7, 11) is 0. The molecule has 0 radical (unpaired) electrons. The molecule has 1 aliphatic carbocycles. The molecule has 4 nitrogen and oxygen atoms in total. The van der Waals surface area contributed by atoms with Crippen molar-refractivity contribution in [2.45, 2.75) is 38.1 Å². The molecule has 2 N–H and O–H groups in total. The predicted molar refractivity (Wildman–Crippen MR) is 71.8 cm³/mol. The van der Waals surface area contributed by atoms with Crippen LogP contribution in [0.25, 0.3) is 0 Å². The van der Waals surface area contributed by atoms with Crippen LogP contribution in [0, 0.1) is 17.6 Å². The van der Waals surface area contributed by atoms with Crippen LogP contribution in [0.1, 0.15) is 43.0 Å². The van der Waals surface area contributed by atoms with Crippen molar-refractivity contribution in [3.8, 4) is 0 Å². The van der Waals surface area contributed by atoms with E-state index >= 15 is 0 Å². The molecule has 2 rings (SSSR count). The highest BCUT2D eigenvalue weighted by Crippen LogP contribution is 2.34. The van der Waals surface area contributed by atoms with Gasteiger partial charge in [0.25, 0.3) is 5.91 Å². The molecule has 6 heteroatoms. The van der Waals surface area contributed by atoms with Gasteiger partial charge in [-0.3, -0.25) is 9.59 Å². The summed E-state index contributed by atoms with van der Waals surface area (Å²) in [6.07, 6.45) is 2.51. The van der Waals surface area contributed by atoms with Crippen LogP contribution in [0.5, 0.6) is 0 Å². The normalized spacial score (nSPS) is 25.4. The van der Waals surface area contributed by atoms with Gasteiger partial charge in [-0.2, -0.15) is 0 Å². The standard InChI is InChI=1S/C15H17F2NO3/c1-15(7-3-2-4-11(15)14(20)21)18-13(19)10-8-9(16)5-6-12(10)17/h5-6,8,11H,2-4,7H2,1H3,(H,18,19)(H,20,21). The van der Waals surface area contributed by atoms with E-state index in [-0.39, 0.29) is 0 Å². The van der Waals surface area contributed by atoms with E-state index in [1.807, 2.05) is 0 Å². The first-order valence-corrected chi connectivity index (χ1v) is 6.84. The molecule has 21 heavy (non-hydrogen) atoms. The molecule has 0 heterocycles. The lowest BCUT2D eigenvalue weighted by Crippen LogP contribution is -2.55. The van der Waals surface area contributed by atoms with Crippen LogP contribution >= 0.6 is 0 Å². The molecule has 1 fully saturated rings. The Morgan fingerprint density at radius 2 is 2.05 bits per heavy atom. The summed E-state index contributed by atoms with van der Waals surface area (Å²) >= 11 is 0. The van der Waals surface area contributed by atoms with E-state index in [4.69, 9.17) is 0 Å². The fraction of sp³-hybridized carbons (Fsp3) is 0.467. The molecular formula is C15H17F2NO3. The van der Waals surface area contributed by atoms with Crippen LogP contribution in [0.4, 0.5) is 8.78 Å². The van der Waals surface area contributed by atoms with Crippen LogP contribution in [0.2, 0.25) is 0 Å². The summed E-state index contributed by atoms with van der Waals surface area (Å²) in [4.78, 5) is 23.5. The number of amides is 1. The van der Waals surface area contributed by atoms with Crippen LogP contribution in [-0.2, 0) is 4.79 Å². The van der Waals surface area contributed by atoms with Gasteiger partial charge in [0.2, 0.25) is 0 Å². The fourth-order valence-corrected chi connectivity index (χ4v) is 2.88. The van der Waals surface area contributed by atoms with Gasteiger partial charge >= 0.3 is 5.97 Å². The van der Waals surface area contributed by atoms with E-state index in [9.17, 15) is 23.5 Å². The van der Waals surface area contributed by atoms with Crippen LogP contribution < -0.4 is 5.32 Å². The molecule has 0 aromatic heterocycles. The summed E-state index contributed by atoms with van der Waals surface area (Å²) in [5.41, 5.74) is -1.37. The second kappa shape index (κ2) is 5.79. The van der Waals surface area contributed by atoms with Crippen molar-refractivity contribution in [3.05, 3.63) is 35.4 Å². The van der Waals surface area contributed by atoms with E-state index < -0.39 is 40.5 Å². The van der Waals surface area contributed by atoms with Crippen molar-refractivity contribution < 1.29 is 23.5 Å². The van der Waals surface area contributed by atoms with Gasteiger partial charge in [-0.15, -0.1) is 0 Å². The number of benzene rings is 1. The van der Waals surface area contributed by atoms with Gasteiger partial charge in [0.1, 0.15) is 11.6 Å². The molecule has 1 aromatic carbocycles. The molecule has 1 saturated carbocycles. The van der Waals surface area contributed by atoms with Gasteiger partial charge in [-0.25, -0.2) is 8.78 Å². The van der Waals surface area contributed by atoms with E-state index in [0.29, 0.717) is 12.8 Å². The molecule has 2 unspecified atom stereocenters. The summed E-state index contributed by atoms with van der Waals surface area (Å²) < 4.78 is 26.8. The average Bonchev–Trinajstić information content (AvgIpc) is 2.41. The Labute approximate surface area is 121 Å². The zero-order valence-electron chi connectivity index (χ0n) is 11.7. The predicted octanol–water partition coefficient (Wildman–Crippen LogP) is 2.73. The van der Waals surface area contributed by atoms with Gasteiger partial charge in [0.15, 0.2) is 0 Å². The summed E-state index contributed by atoms with van der Waals surface area (Å²) in [6, 6.07) is 2.61. The maximum atomic E-state index is 13.6. The van der Waals surface area contributed by atoms with Crippen molar-refractivity contribution in [3.63, 3.8) is 0 Å². The first-order valence-electron chi connectivity index (χ1n) is 6.84. The fourth-order valence-electron chi connectivity index (χ4n) is 2.88. The minimum absolute atomic E-state index is 0.411. The van der Waals surface area contributed by atoms with Crippen LogP contribution in [-0.4, -0.2) is 22.5 Å². The van der Waals surface area contributed by atoms with Crippen LogP contribution in [0.15, 0.2) is 18.2 Å². The van der Waals surface area contributed by atoms with Crippen molar-refractivity contribution in [2.75, 3.05) is 0 Å². The van der Waals surface area contributed by atoms with Gasteiger partial charge in [0.05, 0.1) is 17.0 Å². The third-order valence-electron chi connectivity index (χ3n) is 4.08. The molecule has 1 aliphatic rings. The second-order valence-electron chi connectivity index (χ2n) is 5.63. The Bertz CT molecular complexity index is 576. The van der Waals surface area contributed by atoms with E-state index in [1.54, 1.807) is 6.92 Å². The number of hydrogen-bond acceptors (Lipinski definition) is 2. The zero-order chi connectivity index (χ0) is 15.6. The van der Waals surface area contributed by atoms with Crippen LogP contribution in [0.3, 0.4) is 0 Å². The summed E-state index contributed by atoms with van der Waals surface area (Å²) in [6.45, 7) is 1.64. The number of carbonyl (C=O) groups is 2. The number of carboxylic acids is 1. The highest BCUT2D eigenvalue weighted by molar-refractivity contribution is 5.95. The van der Waals surface area contributed by atoms with E-state index in [2.05, 4.69) is 5.32 Å². The maximum absolute atomic E-state index is 13.6. The molecule has 1 aromatic rings. The number of aliphatic carboxylic acids is 1. The molecule has 0 bridgehead atoms. The van der Waals surface area contributed by atoms with Crippen molar-refractivity contribution >= 4 is 11.9 Å². The van der Waals surface area contributed by atoms with Crippen molar-refractivity contribution in [1.29, 1.82) is 0 Å². The number of carbonyl (C=O) groups excluding carboxylic acids is 1. The third kappa shape index (κ3) is 3.20. The SMILES string of the molecule is CC1(NC(=O)c2cc(F)ccc2F)CCCCC1C(=O)O. The molecule has 114 valence electrons. The number of halogens is 2. The minimum atomic E-state index is -0.989. The lowest BCUT2D eigenvalue weighted by molar-refractivity contribution is -0.145.